The normalized spacial score (nSPS) is 10.4. The number of carbonyl (C=O) groups is 1. The lowest BCUT2D eigenvalue weighted by atomic mass is 10.0. The van der Waals surface area contributed by atoms with E-state index in [1.165, 1.54) is 17.4 Å². The second-order valence-corrected chi connectivity index (χ2v) is 4.29. The fourth-order valence-electron chi connectivity index (χ4n) is 1.55. The van der Waals surface area contributed by atoms with E-state index in [9.17, 15) is 13.6 Å². The van der Waals surface area contributed by atoms with Gasteiger partial charge in [0.05, 0.1) is 12.2 Å². The summed E-state index contributed by atoms with van der Waals surface area (Å²) in [6, 6.07) is 3.54. The SMILES string of the molecule is CCOC(=O)c1cscc1-c1ccc(F)c(F)c1. The van der Waals surface area contributed by atoms with Crippen molar-refractivity contribution in [2.24, 2.45) is 0 Å². The van der Waals surface area contributed by atoms with Gasteiger partial charge in [0.2, 0.25) is 0 Å². The van der Waals surface area contributed by atoms with Crippen LogP contribution in [0.5, 0.6) is 0 Å². The number of hydrogen-bond donors (Lipinski definition) is 0. The Labute approximate surface area is 107 Å². The number of rotatable bonds is 3. The van der Waals surface area contributed by atoms with Crippen molar-refractivity contribution in [3.05, 3.63) is 46.2 Å². The van der Waals surface area contributed by atoms with Crippen molar-refractivity contribution >= 4 is 17.3 Å². The summed E-state index contributed by atoms with van der Waals surface area (Å²) >= 11 is 1.31. The van der Waals surface area contributed by atoms with Crippen molar-refractivity contribution < 1.29 is 18.3 Å². The molecule has 0 spiro atoms. The highest BCUT2D eigenvalue weighted by Gasteiger charge is 2.16. The average Bonchev–Trinajstić information content (AvgIpc) is 2.82. The van der Waals surface area contributed by atoms with Crippen molar-refractivity contribution in [2.75, 3.05) is 6.61 Å². The molecule has 2 nitrogen and oxygen atoms in total. The van der Waals surface area contributed by atoms with Gasteiger partial charge in [-0.15, -0.1) is 0 Å². The third-order valence-electron chi connectivity index (χ3n) is 2.39. The summed E-state index contributed by atoms with van der Waals surface area (Å²) in [5.41, 5.74) is 1.38. The maximum atomic E-state index is 13.2. The Balaban J connectivity index is 2.42. The Morgan fingerprint density at radius 1 is 1.28 bits per heavy atom. The number of benzene rings is 1. The Kier molecular flexibility index (Phi) is 3.72. The van der Waals surface area contributed by atoms with E-state index in [1.807, 2.05) is 0 Å². The van der Waals surface area contributed by atoms with E-state index < -0.39 is 17.6 Å². The molecule has 5 heteroatoms. The molecule has 1 aromatic heterocycles. The van der Waals surface area contributed by atoms with Gasteiger partial charge in [-0.25, -0.2) is 13.6 Å². The van der Waals surface area contributed by atoms with E-state index in [0.29, 0.717) is 16.7 Å². The molecule has 0 atom stereocenters. The van der Waals surface area contributed by atoms with E-state index in [1.54, 1.807) is 17.7 Å². The molecular formula is C13H10F2O2S. The van der Waals surface area contributed by atoms with Crippen LogP contribution in [-0.2, 0) is 4.74 Å². The Morgan fingerprint density at radius 3 is 2.72 bits per heavy atom. The maximum absolute atomic E-state index is 13.2. The average molecular weight is 268 g/mol. The Bertz CT molecular complexity index is 578. The highest BCUT2D eigenvalue weighted by Crippen LogP contribution is 2.29. The second kappa shape index (κ2) is 5.27. The first-order valence-electron chi connectivity index (χ1n) is 5.32. The number of esters is 1. The van der Waals surface area contributed by atoms with Gasteiger partial charge in [0, 0.05) is 10.9 Å². The number of halogens is 2. The summed E-state index contributed by atoms with van der Waals surface area (Å²) in [6.07, 6.45) is 0. The summed E-state index contributed by atoms with van der Waals surface area (Å²) in [5.74, 6) is -2.31. The van der Waals surface area contributed by atoms with Crippen LogP contribution in [0.15, 0.2) is 29.0 Å². The zero-order valence-corrected chi connectivity index (χ0v) is 10.4. The predicted octanol–water partition coefficient (Wildman–Crippen LogP) is 3.87. The van der Waals surface area contributed by atoms with Crippen molar-refractivity contribution in [3.8, 4) is 11.1 Å². The first-order valence-corrected chi connectivity index (χ1v) is 6.26. The molecule has 0 aliphatic heterocycles. The monoisotopic (exact) mass is 268 g/mol. The summed E-state index contributed by atoms with van der Waals surface area (Å²) in [6.45, 7) is 1.98. The number of thiophene rings is 1. The smallest absolute Gasteiger partial charge is 0.339 e. The first-order chi connectivity index (χ1) is 8.63. The zero-order valence-electron chi connectivity index (χ0n) is 9.57. The topological polar surface area (TPSA) is 26.3 Å². The molecule has 0 amide bonds. The van der Waals surface area contributed by atoms with Gasteiger partial charge in [-0.05, 0) is 30.0 Å². The highest BCUT2D eigenvalue weighted by atomic mass is 32.1. The van der Waals surface area contributed by atoms with E-state index in [2.05, 4.69) is 0 Å². The van der Waals surface area contributed by atoms with Crippen LogP contribution >= 0.6 is 11.3 Å². The molecule has 0 aliphatic rings. The summed E-state index contributed by atoms with van der Waals surface area (Å²) < 4.78 is 30.9. The minimum absolute atomic E-state index is 0.270. The van der Waals surface area contributed by atoms with Crippen LogP contribution in [0.2, 0.25) is 0 Å². The van der Waals surface area contributed by atoms with Crippen LogP contribution in [0.1, 0.15) is 17.3 Å². The molecule has 0 bridgehead atoms. The van der Waals surface area contributed by atoms with Gasteiger partial charge in [0.15, 0.2) is 11.6 Å². The van der Waals surface area contributed by atoms with E-state index >= 15 is 0 Å². The Hall–Kier alpha value is -1.75. The molecule has 0 fully saturated rings. The number of carbonyl (C=O) groups excluding carboxylic acids is 1. The quantitative estimate of drug-likeness (QED) is 0.790. The van der Waals surface area contributed by atoms with Crippen LogP contribution in [0, 0.1) is 11.6 Å². The third-order valence-corrected chi connectivity index (χ3v) is 3.13. The number of hydrogen-bond acceptors (Lipinski definition) is 3. The molecule has 0 N–H and O–H groups in total. The second-order valence-electron chi connectivity index (χ2n) is 3.55. The molecular weight excluding hydrogens is 258 g/mol. The van der Waals surface area contributed by atoms with Gasteiger partial charge in [-0.3, -0.25) is 0 Å². The third kappa shape index (κ3) is 2.41. The minimum atomic E-state index is -0.937. The highest BCUT2D eigenvalue weighted by molar-refractivity contribution is 7.08. The molecule has 2 aromatic rings. The van der Waals surface area contributed by atoms with Gasteiger partial charge < -0.3 is 4.74 Å². The van der Waals surface area contributed by atoms with Crippen LogP contribution in [-0.4, -0.2) is 12.6 Å². The Morgan fingerprint density at radius 2 is 2.06 bits per heavy atom. The fraction of sp³-hybridized carbons (Fsp3) is 0.154. The van der Waals surface area contributed by atoms with Crippen LogP contribution in [0.3, 0.4) is 0 Å². The lowest BCUT2D eigenvalue weighted by Gasteiger charge is -2.04. The molecule has 2 rings (SSSR count). The summed E-state index contributed by atoms with van der Waals surface area (Å²) in [5, 5.41) is 3.34. The molecule has 1 aromatic carbocycles. The standard InChI is InChI=1S/C13H10F2O2S/c1-2-17-13(16)10-7-18-6-9(10)8-3-4-11(14)12(15)5-8/h3-7H,2H2,1H3. The molecule has 0 saturated carbocycles. The molecule has 0 aliphatic carbocycles. The fourth-order valence-corrected chi connectivity index (χ4v) is 2.38. The van der Waals surface area contributed by atoms with Crippen molar-refractivity contribution in [3.63, 3.8) is 0 Å². The predicted molar refractivity (Wildman–Crippen MR) is 65.6 cm³/mol. The van der Waals surface area contributed by atoms with Gasteiger partial charge >= 0.3 is 5.97 Å². The van der Waals surface area contributed by atoms with E-state index in [-0.39, 0.29) is 6.61 Å². The van der Waals surface area contributed by atoms with Crippen molar-refractivity contribution in [1.82, 2.24) is 0 Å². The minimum Gasteiger partial charge on any atom is -0.462 e. The lowest BCUT2D eigenvalue weighted by molar-refractivity contribution is 0.0528. The van der Waals surface area contributed by atoms with Crippen LogP contribution in [0.25, 0.3) is 11.1 Å². The van der Waals surface area contributed by atoms with Crippen LogP contribution in [0.4, 0.5) is 8.78 Å². The van der Waals surface area contributed by atoms with E-state index in [4.69, 9.17) is 4.74 Å². The maximum Gasteiger partial charge on any atom is 0.339 e. The van der Waals surface area contributed by atoms with Crippen LogP contribution < -0.4 is 0 Å². The summed E-state index contributed by atoms with van der Waals surface area (Å²) in [7, 11) is 0. The van der Waals surface area contributed by atoms with E-state index in [0.717, 1.165) is 12.1 Å². The zero-order chi connectivity index (χ0) is 13.1. The van der Waals surface area contributed by atoms with Crippen molar-refractivity contribution in [1.29, 1.82) is 0 Å². The molecule has 0 radical (unpaired) electrons. The van der Waals surface area contributed by atoms with Gasteiger partial charge in [-0.2, -0.15) is 11.3 Å². The van der Waals surface area contributed by atoms with Crippen molar-refractivity contribution in [2.45, 2.75) is 6.92 Å². The largest absolute Gasteiger partial charge is 0.462 e. The van der Waals surface area contributed by atoms with Gasteiger partial charge in [-0.1, -0.05) is 6.07 Å². The van der Waals surface area contributed by atoms with Gasteiger partial charge in [0.25, 0.3) is 0 Å². The molecule has 0 saturated heterocycles. The molecule has 1 heterocycles. The summed E-state index contributed by atoms with van der Waals surface area (Å²) in [4.78, 5) is 11.7. The first kappa shape index (κ1) is 12.7. The molecule has 94 valence electrons. The molecule has 18 heavy (non-hydrogen) atoms. The molecule has 0 unspecified atom stereocenters. The lowest BCUT2D eigenvalue weighted by Crippen LogP contribution is -2.04. The number of ether oxygens (including phenoxy) is 1. The van der Waals surface area contributed by atoms with Gasteiger partial charge in [0.1, 0.15) is 0 Å².